The molecule has 0 aromatic heterocycles. The predicted molar refractivity (Wildman–Crippen MR) is 80.7 cm³/mol. The Morgan fingerprint density at radius 3 is 2.63 bits per heavy atom. The Labute approximate surface area is 114 Å². The van der Waals surface area contributed by atoms with E-state index in [1.807, 2.05) is 24.3 Å². The normalized spacial score (nSPS) is 10.3. The maximum Gasteiger partial charge on any atom is 0.119 e. The molecule has 100 valence electrons. The average Bonchev–Trinajstić information content (AvgIpc) is 2.37. The highest BCUT2D eigenvalue weighted by Crippen LogP contribution is 2.22. The Morgan fingerprint density at radius 1 is 1.16 bits per heavy atom. The molecule has 0 unspecified atom stereocenters. The molecule has 2 aromatic rings. The van der Waals surface area contributed by atoms with E-state index in [9.17, 15) is 0 Å². The van der Waals surface area contributed by atoms with Gasteiger partial charge < -0.3 is 15.4 Å². The van der Waals surface area contributed by atoms with Gasteiger partial charge in [-0.05, 0) is 48.4 Å². The molecule has 0 aliphatic carbocycles. The van der Waals surface area contributed by atoms with E-state index in [-0.39, 0.29) is 0 Å². The number of nitrogens with two attached hydrogens (primary N) is 1. The molecule has 0 atom stereocenters. The van der Waals surface area contributed by atoms with E-state index < -0.39 is 0 Å². The first kappa shape index (κ1) is 13.3. The summed E-state index contributed by atoms with van der Waals surface area (Å²) in [6, 6.07) is 14.2. The largest absolute Gasteiger partial charge is 0.497 e. The number of benzene rings is 2. The Hall–Kier alpha value is -2.16. The highest BCUT2D eigenvalue weighted by molar-refractivity contribution is 5.58. The number of rotatable bonds is 4. The second kappa shape index (κ2) is 5.65. The van der Waals surface area contributed by atoms with Crippen molar-refractivity contribution in [2.45, 2.75) is 13.5 Å². The standard InChI is InChI=1S/C16H20N2O/c1-12-7-14(17)10-15(8-12)18(2)11-13-5-4-6-16(9-13)19-3/h4-10H,11,17H2,1-3H3. The highest BCUT2D eigenvalue weighted by atomic mass is 16.5. The van der Waals surface area contributed by atoms with Crippen LogP contribution in [0, 0.1) is 6.92 Å². The van der Waals surface area contributed by atoms with Crippen molar-refractivity contribution in [1.82, 2.24) is 0 Å². The highest BCUT2D eigenvalue weighted by Gasteiger charge is 2.04. The SMILES string of the molecule is COc1cccc(CN(C)c2cc(C)cc(N)c2)c1. The Bertz CT molecular complexity index is 546. The van der Waals surface area contributed by atoms with Crippen LogP contribution < -0.4 is 15.4 Å². The number of aryl methyl sites for hydroxylation is 1. The van der Waals surface area contributed by atoms with E-state index >= 15 is 0 Å². The molecule has 0 fully saturated rings. The second-order valence-electron chi connectivity index (χ2n) is 4.81. The van der Waals surface area contributed by atoms with Crippen LogP contribution in [0.3, 0.4) is 0 Å². The van der Waals surface area contributed by atoms with Crippen molar-refractivity contribution >= 4 is 11.4 Å². The molecule has 0 radical (unpaired) electrons. The van der Waals surface area contributed by atoms with Gasteiger partial charge in [0.2, 0.25) is 0 Å². The molecule has 0 saturated carbocycles. The van der Waals surface area contributed by atoms with Crippen LogP contribution in [-0.2, 0) is 6.54 Å². The van der Waals surface area contributed by atoms with Gasteiger partial charge >= 0.3 is 0 Å². The van der Waals surface area contributed by atoms with Gasteiger partial charge in [-0.1, -0.05) is 12.1 Å². The van der Waals surface area contributed by atoms with Gasteiger partial charge in [0.1, 0.15) is 5.75 Å². The van der Waals surface area contributed by atoms with E-state index in [1.54, 1.807) is 7.11 Å². The smallest absolute Gasteiger partial charge is 0.119 e. The van der Waals surface area contributed by atoms with Gasteiger partial charge in [0.05, 0.1) is 7.11 Å². The number of hydrogen-bond acceptors (Lipinski definition) is 3. The number of nitrogens with zero attached hydrogens (tertiary/aromatic N) is 1. The molecule has 2 N–H and O–H groups in total. The summed E-state index contributed by atoms with van der Waals surface area (Å²) < 4.78 is 5.24. The lowest BCUT2D eigenvalue weighted by Crippen LogP contribution is -2.16. The molecule has 19 heavy (non-hydrogen) atoms. The molecular weight excluding hydrogens is 236 g/mol. The summed E-state index contributed by atoms with van der Waals surface area (Å²) >= 11 is 0. The minimum Gasteiger partial charge on any atom is -0.497 e. The number of ether oxygens (including phenoxy) is 1. The lowest BCUT2D eigenvalue weighted by atomic mass is 10.1. The molecule has 0 spiro atoms. The van der Waals surface area contributed by atoms with E-state index in [4.69, 9.17) is 10.5 Å². The van der Waals surface area contributed by atoms with Crippen LogP contribution in [0.25, 0.3) is 0 Å². The van der Waals surface area contributed by atoms with Gasteiger partial charge in [0, 0.05) is 25.0 Å². The Morgan fingerprint density at radius 2 is 1.95 bits per heavy atom. The van der Waals surface area contributed by atoms with Gasteiger partial charge in [0.25, 0.3) is 0 Å². The van der Waals surface area contributed by atoms with Crippen LogP contribution in [0.15, 0.2) is 42.5 Å². The maximum atomic E-state index is 5.89. The summed E-state index contributed by atoms with van der Waals surface area (Å²) in [6.07, 6.45) is 0. The number of anilines is 2. The van der Waals surface area contributed by atoms with Crippen LogP contribution >= 0.6 is 0 Å². The third-order valence-electron chi connectivity index (χ3n) is 3.08. The van der Waals surface area contributed by atoms with Crippen LogP contribution in [0.4, 0.5) is 11.4 Å². The van der Waals surface area contributed by atoms with Gasteiger partial charge in [-0.3, -0.25) is 0 Å². The molecular formula is C16H20N2O. The van der Waals surface area contributed by atoms with Crippen LogP contribution in [-0.4, -0.2) is 14.2 Å². The monoisotopic (exact) mass is 256 g/mol. The topological polar surface area (TPSA) is 38.5 Å². The van der Waals surface area contributed by atoms with Crippen LogP contribution in [0.1, 0.15) is 11.1 Å². The average molecular weight is 256 g/mol. The molecule has 2 rings (SSSR count). The van der Waals surface area contributed by atoms with Gasteiger partial charge in [-0.2, -0.15) is 0 Å². The fraction of sp³-hybridized carbons (Fsp3) is 0.250. The van der Waals surface area contributed by atoms with Crippen LogP contribution in [0.2, 0.25) is 0 Å². The summed E-state index contributed by atoms with van der Waals surface area (Å²) in [7, 11) is 3.75. The lowest BCUT2D eigenvalue weighted by molar-refractivity contribution is 0.414. The first-order valence-corrected chi connectivity index (χ1v) is 6.30. The zero-order valence-corrected chi connectivity index (χ0v) is 11.7. The van der Waals surface area contributed by atoms with Crippen molar-refractivity contribution in [3.63, 3.8) is 0 Å². The molecule has 3 nitrogen and oxygen atoms in total. The zero-order valence-electron chi connectivity index (χ0n) is 11.7. The van der Waals surface area contributed by atoms with Gasteiger partial charge in [-0.25, -0.2) is 0 Å². The maximum absolute atomic E-state index is 5.89. The molecule has 2 aromatic carbocycles. The Balaban J connectivity index is 2.17. The van der Waals surface area contributed by atoms with Crippen molar-refractivity contribution in [2.24, 2.45) is 0 Å². The third-order valence-corrected chi connectivity index (χ3v) is 3.08. The van der Waals surface area contributed by atoms with Crippen LogP contribution in [0.5, 0.6) is 5.75 Å². The number of hydrogen-bond donors (Lipinski definition) is 1. The minimum atomic E-state index is 0.799. The fourth-order valence-electron chi connectivity index (χ4n) is 2.15. The molecule has 0 heterocycles. The zero-order chi connectivity index (χ0) is 13.8. The molecule has 0 amide bonds. The summed E-state index contributed by atoms with van der Waals surface area (Å²) in [5, 5.41) is 0. The summed E-state index contributed by atoms with van der Waals surface area (Å²) in [5.74, 6) is 0.884. The summed E-state index contributed by atoms with van der Waals surface area (Å²) in [5.41, 5.74) is 10.2. The van der Waals surface area contributed by atoms with Crippen molar-refractivity contribution in [2.75, 3.05) is 24.8 Å². The van der Waals surface area contributed by atoms with E-state index in [0.29, 0.717) is 0 Å². The summed E-state index contributed by atoms with van der Waals surface area (Å²) in [6.45, 7) is 2.87. The lowest BCUT2D eigenvalue weighted by Gasteiger charge is -2.20. The van der Waals surface area contributed by atoms with Crippen molar-refractivity contribution < 1.29 is 4.74 Å². The number of methoxy groups -OCH3 is 1. The van der Waals surface area contributed by atoms with Crippen molar-refractivity contribution in [1.29, 1.82) is 0 Å². The second-order valence-corrected chi connectivity index (χ2v) is 4.81. The first-order valence-electron chi connectivity index (χ1n) is 6.30. The summed E-state index contributed by atoms with van der Waals surface area (Å²) in [4.78, 5) is 2.18. The van der Waals surface area contributed by atoms with E-state index in [2.05, 4.69) is 37.1 Å². The number of nitrogen functional groups attached to an aromatic ring is 1. The molecule has 0 bridgehead atoms. The van der Waals surface area contributed by atoms with E-state index in [0.717, 1.165) is 23.7 Å². The third kappa shape index (κ3) is 3.41. The molecule has 3 heteroatoms. The fourth-order valence-corrected chi connectivity index (χ4v) is 2.15. The minimum absolute atomic E-state index is 0.799. The van der Waals surface area contributed by atoms with Gasteiger partial charge in [0.15, 0.2) is 0 Å². The van der Waals surface area contributed by atoms with Gasteiger partial charge in [-0.15, -0.1) is 0 Å². The van der Waals surface area contributed by atoms with Crippen molar-refractivity contribution in [3.05, 3.63) is 53.6 Å². The quantitative estimate of drug-likeness (QED) is 0.854. The Kier molecular flexibility index (Phi) is 3.95. The molecule has 0 saturated heterocycles. The van der Waals surface area contributed by atoms with E-state index in [1.165, 1.54) is 11.1 Å². The predicted octanol–water partition coefficient (Wildman–Crippen LogP) is 3.22. The molecule has 0 aliphatic rings. The molecule has 0 aliphatic heterocycles. The first-order chi connectivity index (χ1) is 9.08. The van der Waals surface area contributed by atoms with Crippen molar-refractivity contribution in [3.8, 4) is 5.75 Å².